The van der Waals surface area contributed by atoms with Gasteiger partial charge in [0.15, 0.2) is 0 Å². The zero-order valence-corrected chi connectivity index (χ0v) is 9.44. The molecule has 15 heavy (non-hydrogen) atoms. The Balaban J connectivity index is 2.42. The predicted molar refractivity (Wildman–Crippen MR) is 60.5 cm³/mol. The maximum Gasteiger partial charge on any atom is 0.226 e. The van der Waals surface area contributed by atoms with Crippen LogP contribution >= 0.6 is 0 Å². The molecule has 0 spiro atoms. The first-order valence-electron chi connectivity index (χ1n) is 5.37. The van der Waals surface area contributed by atoms with E-state index in [9.17, 15) is 4.79 Å². The lowest BCUT2D eigenvalue weighted by molar-refractivity contribution is -0.129. The number of hydrogen-bond donors (Lipinski definition) is 0. The zero-order valence-electron chi connectivity index (χ0n) is 9.44. The van der Waals surface area contributed by atoms with Gasteiger partial charge in [0.25, 0.3) is 0 Å². The van der Waals surface area contributed by atoms with Gasteiger partial charge < -0.3 is 4.90 Å². The molecule has 3 heteroatoms. The Morgan fingerprint density at radius 1 is 1.53 bits per heavy atom. The highest BCUT2D eigenvalue weighted by Crippen LogP contribution is 2.01. The van der Waals surface area contributed by atoms with Crippen LogP contribution in [0.2, 0.25) is 0 Å². The molecule has 3 nitrogen and oxygen atoms in total. The van der Waals surface area contributed by atoms with Gasteiger partial charge in [-0.25, -0.2) is 0 Å². The van der Waals surface area contributed by atoms with Crippen molar-refractivity contribution in [2.24, 2.45) is 0 Å². The van der Waals surface area contributed by atoms with Crippen LogP contribution in [-0.2, 0) is 11.2 Å². The van der Waals surface area contributed by atoms with E-state index in [2.05, 4.69) is 11.9 Å². The summed E-state index contributed by atoms with van der Waals surface area (Å²) < 4.78 is 0. The van der Waals surface area contributed by atoms with Gasteiger partial charge in [0.1, 0.15) is 0 Å². The van der Waals surface area contributed by atoms with Gasteiger partial charge in [-0.05, 0) is 18.1 Å². The van der Waals surface area contributed by atoms with Crippen LogP contribution in [0.15, 0.2) is 24.5 Å². The summed E-state index contributed by atoms with van der Waals surface area (Å²) in [5.74, 6) is 0.163. The van der Waals surface area contributed by atoms with E-state index in [4.69, 9.17) is 0 Å². The molecule has 1 heterocycles. The Bertz CT molecular complexity index is 298. The number of aromatic nitrogens is 1. The summed E-state index contributed by atoms with van der Waals surface area (Å²) >= 11 is 0. The van der Waals surface area contributed by atoms with Crippen LogP contribution in [0, 0.1) is 0 Å². The lowest BCUT2D eigenvalue weighted by Crippen LogP contribution is -2.29. The summed E-state index contributed by atoms with van der Waals surface area (Å²) in [6.07, 6.45) is 6.09. The summed E-state index contributed by atoms with van der Waals surface area (Å²) in [6, 6.07) is 3.78. The standard InChI is InChI=1S/C12H18N2O/c1-3-4-8-14(2)12(15)9-11-6-5-7-13-10-11/h5-7,10H,3-4,8-9H2,1-2H3. The number of rotatable bonds is 5. The first-order chi connectivity index (χ1) is 7.24. The molecule has 1 amide bonds. The summed E-state index contributed by atoms with van der Waals surface area (Å²) in [4.78, 5) is 17.5. The van der Waals surface area contributed by atoms with Crippen LogP contribution in [0.5, 0.6) is 0 Å². The lowest BCUT2D eigenvalue weighted by Gasteiger charge is -2.16. The molecule has 0 bridgehead atoms. The fourth-order valence-electron chi connectivity index (χ4n) is 1.33. The Morgan fingerprint density at radius 3 is 2.93 bits per heavy atom. The largest absolute Gasteiger partial charge is 0.345 e. The molecule has 0 aliphatic rings. The van der Waals surface area contributed by atoms with Gasteiger partial charge in [0, 0.05) is 26.0 Å². The highest BCUT2D eigenvalue weighted by molar-refractivity contribution is 5.78. The molecule has 82 valence electrons. The number of likely N-dealkylation sites (N-methyl/N-ethyl adjacent to an activating group) is 1. The van der Waals surface area contributed by atoms with E-state index in [-0.39, 0.29) is 5.91 Å². The Morgan fingerprint density at radius 2 is 2.33 bits per heavy atom. The van der Waals surface area contributed by atoms with Crippen molar-refractivity contribution in [1.82, 2.24) is 9.88 Å². The molecule has 0 aromatic carbocycles. The van der Waals surface area contributed by atoms with Crippen molar-refractivity contribution in [2.75, 3.05) is 13.6 Å². The number of carbonyl (C=O) groups is 1. The van der Waals surface area contributed by atoms with Gasteiger partial charge >= 0.3 is 0 Å². The molecule has 0 atom stereocenters. The van der Waals surface area contributed by atoms with Crippen molar-refractivity contribution in [3.05, 3.63) is 30.1 Å². The summed E-state index contributed by atoms with van der Waals surface area (Å²) in [6.45, 7) is 2.97. The number of nitrogens with zero attached hydrogens (tertiary/aromatic N) is 2. The Kier molecular flexibility index (Phi) is 4.81. The summed E-state index contributed by atoms with van der Waals surface area (Å²) in [7, 11) is 1.86. The van der Waals surface area contributed by atoms with Crippen molar-refractivity contribution in [3.8, 4) is 0 Å². The van der Waals surface area contributed by atoms with Gasteiger partial charge in [-0.2, -0.15) is 0 Å². The third kappa shape index (κ3) is 4.11. The van der Waals surface area contributed by atoms with E-state index in [0.717, 1.165) is 24.9 Å². The third-order valence-electron chi connectivity index (χ3n) is 2.35. The molecular formula is C12H18N2O. The summed E-state index contributed by atoms with van der Waals surface area (Å²) in [5.41, 5.74) is 0.978. The van der Waals surface area contributed by atoms with E-state index in [0.29, 0.717) is 6.42 Å². The van der Waals surface area contributed by atoms with E-state index in [1.807, 2.05) is 19.2 Å². The average molecular weight is 206 g/mol. The number of hydrogen-bond acceptors (Lipinski definition) is 2. The Labute approximate surface area is 91.1 Å². The maximum absolute atomic E-state index is 11.7. The second-order valence-corrected chi connectivity index (χ2v) is 3.71. The van der Waals surface area contributed by atoms with Crippen LogP contribution in [0.25, 0.3) is 0 Å². The molecule has 0 N–H and O–H groups in total. The highest BCUT2D eigenvalue weighted by Gasteiger charge is 2.08. The van der Waals surface area contributed by atoms with Gasteiger partial charge in [0.05, 0.1) is 6.42 Å². The fourth-order valence-corrected chi connectivity index (χ4v) is 1.33. The molecule has 0 saturated carbocycles. The number of pyridine rings is 1. The minimum atomic E-state index is 0.163. The number of unbranched alkanes of at least 4 members (excludes halogenated alkanes) is 1. The van der Waals surface area contributed by atoms with Crippen molar-refractivity contribution in [3.63, 3.8) is 0 Å². The maximum atomic E-state index is 11.7. The van der Waals surface area contributed by atoms with Gasteiger partial charge in [-0.3, -0.25) is 9.78 Å². The second-order valence-electron chi connectivity index (χ2n) is 3.71. The normalized spacial score (nSPS) is 10.0. The smallest absolute Gasteiger partial charge is 0.226 e. The molecule has 0 fully saturated rings. The molecule has 1 aromatic rings. The lowest BCUT2D eigenvalue weighted by atomic mass is 10.2. The van der Waals surface area contributed by atoms with Gasteiger partial charge in [-0.15, -0.1) is 0 Å². The van der Waals surface area contributed by atoms with Crippen LogP contribution in [-0.4, -0.2) is 29.4 Å². The molecule has 0 radical (unpaired) electrons. The number of carbonyl (C=O) groups excluding carboxylic acids is 1. The second kappa shape index (κ2) is 6.17. The average Bonchev–Trinajstić information content (AvgIpc) is 2.27. The quantitative estimate of drug-likeness (QED) is 0.737. The van der Waals surface area contributed by atoms with Crippen LogP contribution in [0.3, 0.4) is 0 Å². The van der Waals surface area contributed by atoms with Crippen LogP contribution < -0.4 is 0 Å². The molecule has 0 aliphatic carbocycles. The van der Waals surface area contributed by atoms with Gasteiger partial charge in [-0.1, -0.05) is 19.4 Å². The van der Waals surface area contributed by atoms with E-state index in [1.165, 1.54) is 0 Å². The topological polar surface area (TPSA) is 33.2 Å². The Hall–Kier alpha value is -1.38. The molecular weight excluding hydrogens is 188 g/mol. The van der Waals surface area contributed by atoms with Crippen LogP contribution in [0.4, 0.5) is 0 Å². The monoisotopic (exact) mass is 206 g/mol. The van der Waals surface area contributed by atoms with Gasteiger partial charge in [0.2, 0.25) is 5.91 Å². The number of amides is 1. The first-order valence-corrected chi connectivity index (χ1v) is 5.37. The van der Waals surface area contributed by atoms with Crippen LogP contribution in [0.1, 0.15) is 25.3 Å². The predicted octanol–water partition coefficient (Wildman–Crippen LogP) is 1.88. The molecule has 0 aliphatic heterocycles. The van der Waals surface area contributed by atoms with E-state index < -0.39 is 0 Å². The molecule has 0 unspecified atom stereocenters. The SMILES string of the molecule is CCCCN(C)C(=O)Cc1cccnc1. The molecule has 1 rings (SSSR count). The van der Waals surface area contributed by atoms with Crippen molar-refractivity contribution in [2.45, 2.75) is 26.2 Å². The zero-order chi connectivity index (χ0) is 11.1. The third-order valence-corrected chi connectivity index (χ3v) is 2.35. The van der Waals surface area contributed by atoms with Crippen molar-refractivity contribution >= 4 is 5.91 Å². The fraction of sp³-hybridized carbons (Fsp3) is 0.500. The van der Waals surface area contributed by atoms with E-state index in [1.54, 1.807) is 17.3 Å². The van der Waals surface area contributed by atoms with Crippen molar-refractivity contribution < 1.29 is 4.79 Å². The van der Waals surface area contributed by atoms with E-state index >= 15 is 0 Å². The first kappa shape index (κ1) is 11.7. The molecule has 0 saturated heterocycles. The minimum Gasteiger partial charge on any atom is -0.345 e. The highest BCUT2D eigenvalue weighted by atomic mass is 16.2. The minimum absolute atomic E-state index is 0.163. The summed E-state index contributed by atoms with van der Waals surface area (Å²) in [5, 5.41) is 0. The molecule has 1 aromatic heterocycles. The van der Waals surface area contributed by atoms with Crippen molar-refractivity contribution in [1.29, 1.82) is 0 Å².